The molecule has 6 nitrogen and oxygen atoms in total. The Hall–Kier alpha value is -2.08. The van der Waals surface area contributed by atoms with Crippen LogP contribution in [0.1, 0.15) is 44.0 Å². The fraction of sp³-hybridized carbons (Fsp3) is 0.556. The summed E-state index contributed by atoms with van der Waals surface area (Å²) in [6.45, 7) is 8.43. The number of anilines is 1. The maximum Gasteiger partial charge on any atom is 0.255 e. The summed E-state index contributed by atoms with van der Waals surface area (Å²) in [5, 5.41) is 15.5. The molecule has 1 aliphatic heterocycles. The molecule has 0 saturated carbocycles. The molecule has 0 spiro atoms. The van der Waals surface area contributed by atoms with E-state index in [9.17, 15) is 14.7 Å². The molecule has 0 aliphatic carbocycles. The Kier molecular flexibility index (Phi) is 6.20. The van der Waals surface area contributed by atoms with E-state index < -0.39 is 0 Å². The van der Waals surface area contributed by atoms with Crippen LogP contribution in [0.4, 0.5) is 5.69 Å². The minimum atomic E-state index is -0.299. The Balaban J connectivity index is 1.99. The van der Waals surface area contributed by atoms with Gasteiger partial charge in [-0.2, -0.15) is 0 Å². The molecule has 1 atom stereocenters. The van der Waals surface area contributed by atoms with Gasteiger partial charge in [-0.25, -0.2) is 0 Å². The van der Waals surface area contributed by atoms with E-state index in [1.165, 1.54) is 31.9 Å². The maximum atomic E-state index is 12.4. The molecule has 132 valence electrons. The van der Waals surface area contributed by atoms with Crippen LogP contribution in [0, 0.1) is 5.92 Å². The highest BCUT2D eigenvalue weighted by molar-refractivity contribution is 5.98. The fourth-order valence-electron chi connectivity index (χ4n) is 3.16. The normalized spacial score (nSPS) is 16.2. The van der Waals surface area contributed by atoms with Crippen molar-refractivity contribution in [3.05, 3.63) is 23.8 Å². The van der Waals surface area contributed by atoms with E-state index in [2.05, 4.69) is 29.4 Å². The van der Waals surface area contributed by atoms with Gasteiger partial charge >= 0.3 is 0 Å². The van der Waals surface area contributed by atoms with Crippen molar-refractivity contribution in [2.24, 2.45) is 5.92 Å². The molecule has 24 heavy (non-hydrogen) atoms. The van der Waals surface area contributed by atoms with Gasteiger partial charge in [0.05, 0.1) is 5.56 Å². The number of hydrogen-bond acceptors (Lipinski definition) is 4. The van der Waals surface area contributed by atoms with Crippen LogP contribution in [-0.4, -0.2) is 47.5 Å². The van der Waals surface area contributed by atoms with Crippen molar-refractivity contribution in [3.63, 3.8) is 0 Å². The van der Waals surface area contributed by atoms with Gasteiger partial charge in [0.2, 0.25) is 5.91 Å². The molecule has 1 aromatic carbocycles. The minimum absolute atomic E-state index is 0.138. The van der Waals surface area contributed by atoms with E-state index in [1.807, 2.05) is 0 Å². The molecule has 0 aromatic heterocycles. The van der Waals surface area contributed by atoms with E-state index in [4.69, 9.17) is 0 Å². The Morgan fingerprint density at radius 3 is 2.46 bits per heavy atom. The molecule has 2 amide bonds. The highest BCUT2D eigenvalue weighted by Gasteiger charge is 2.25. The molecule has 6 heteroatoms. The summed E-state index contributed by atoms with van der Waals surface area (Å²) in [6, 6.07) is 4.82. The first-order valence-corrected chi connectivity index (χ1v) is 8.51. The number of phenolic OH excluding ortho intramolecular Hbond substituents is 1. The van der Waals surface area contributed by atoms with Crippen LogP contribution in [0.5, 0.6) is 5.75 Å². The topological polar surface area (TPSA) is 81.7 Å². The quantitative estimate of drug-likeness (QED) is 0.745. The molecular weight excluding hydrogens is 306 g/mol. The van der Waals surface area contributed by atoms with Gasteiger partial charge in [0.15, 0.2) is 0 Å². The number of nitrogens with one attached hydrogen (secondary N) is 2. The highest BCUT2D eigenvalue weighted by atomic mass is 16.3. The predicted octanol–water partition coefficient (Wildman–Crippen LogP) is 2.20. The number of carbonyl (C=O) groups excluding carboxylic acids is 2. The summed E-state index contributed by atoms with van der Waals surface area (Å²) < 4.78 is 0. The lowest BCUT2D eigenvalue weighted by Crippen LogP contribution is -2.45. The van der Waals surface area contributed by atoms with Crippen molar-refractivity contribution in [2.75, 3.05) is 25.0 Å². The van der Waals surface area contributed by atoms with Gasteiger partial charge in [-0.15, -0.1) is 0 Å². The number of hydrogen-bond donors (Lipinski definition) is 3. The van der Waals surface area contributed by atoms with Crippen LogP contribution >= 0.6 is 0 Å². The largest absolute Gasteiger partial charge is 0.507 e. The third-order valence-electron chi connectivity index (χ3n) is 4.41. The van der Waals surface area contributed by atoms with E-state index in [1.54, 1.807) is 6.07 Å². The van der Waals surface area contributed by atoms with Crippen molar-refractivity contribution < 1.29 is 14.7 Å². The van der Waals surface area contributed by atoms with Gasteiger partial charge in [-0.05, 0) is 44.0 Å². The van der Waals surface area contributed by atoms with Crippen molar-refractivity contribution >= 4 is 17.5 Å². The predicted molar refractivity (Wildman–Crippen MR) is 94.2 cm³/mol. The lowest BCUT2D eigenvalue weighted by atomic mass is 10.0. The van der Waals surface area contributed by atoms with Crippen molar-refractivity contribution in [3.8, 4) is 5.75 Å². The number of rotatable bonds is 6. The molecule has 1 heterocycles. The molecule has 1 aromatic rings. The number of aromatic hydroxyl groups is 1. The summed E-state index contributed by atoms with van der Waals surface area (Å²) in [7, 11) is 0. The zero-order chi connectivity index (χ0) is 17.7. The molecule has 0 radical (unpaired) electrons. The monoisotopic (exact) mass is 333 g/mol. The molecule has 0 unspecified atom stereocenters. The second-order valence-corrected chi connectivity index (χ2v) is 6.68. The van der Waals surface area contributed by atoms with Gasteiger partial charge in [0, 0.05) is 31.3 Å². The van der Waals surface area contributed by atoms with E-state index in [0.717, 1.165) is 13.1 Å². The number of carbonyl (C=O) groups is 2. The first-order valence-electron chi connectivity index (χ1n) is 8.51. The lowest BCUT2D eigenvalue weighted by molar-refractivity contribution is -0.114. The van der Waals surface area contributed by atoms with Crippen LogP contribution in [0.15, 0.2) is 18.2 Å². The summed E-state index contributed by atoms with van der Waals surface area (Å²) in [6.07, 6.45) is 2.42. The Bertz CT molecular complexity index is 595. The van der Waals surface area contributed by atoms with Gasteiger partial charge in [0.1, 0.15) is 5.75 Å². The van der Waals surface area contributed by atoms with Crippen LogP contribution in [-0.2, 0) is 4.79 Å². The first kappa shape index (κ1) is 18.3. The average molecular weight is 333 g/mol. The maximum absolute atomic E-state index is 12.4. The van der Waals surface area contributed by atoms with Crippen LogP contribution in [0.3, 0.4) is 0 Å². The summed E-state index contributed by atoms with van der Waals surface area (Å²) in [5.41, 5.74) is 0.682. The second-order valence-electron chi connectivity index (χ2n) is 6.68. The van der Waals surface area contributed by atoms with Gasteiger partial charge < -0.3 is 15.7 Å². The number of amides is 2. The molecule has 2 rings (SSSR count). The third kappa shape index (κ3) is 4.71. The smallest absolute Gasteiger partial charge is 0.255 e. The molecule has 0 bridgehead atoms. The Labute approximate surface area is 143 Å². The zero-order valence-corrected chi connectivity index (χ0v) is 14.6. The van der Waals surface area contributed by atoms with Crippen molar-refractivity contribution in [1.82, 2.24) is 10.2 Å². The summed E-state index contributed by atoms with van der Waals surface area (Å²) >= 11 is 0. The first-order chi connectivity index (χ1) is 11.4. The summed E-state index contributed by atoms with van der Waals surface area (Å²) in [4.78, 5) is 25.8. The Morgan fingerprint density at radius 2 is 1.92 bits per heavy atom. The average Bonchev–Trinajstić information content (AvgIpc) is 3.00. The second kappa shape index (κ2) is 8.15. The van der Waals surface area contributed by atoms with Gasteiger partial charge in [-0.3, -0.25) is 14.5 Å². The van der Waals surface area contributed by atoms with Gasteiger partial charge in [-0.1, -0.05) is 13.8 Å². The van der Waals surface area contributed by atoms with E-state index >= 15 is 0 Å². The molecule has 1 aliphatic rings. The fourth-order valence-corrected chi connectivity index (χ4v) is 3.16. The van der Waals surface area contributed by atoms with E-state index in [0.29, 0.717) is 24.2 Å². The van der Waals surface area contributed by atoms with Crippen molar-refractivity contribution in [1.29, 1.82) is 0 Å². The highest BCUT2D eigenvalue weighted by Crippen LogP contribution is 2.22. The van der Waals surface area contributed by atoms with Crippen LogP contribution < -0.4 is 10.6 Å². The third-order valence-corrected chi connectivity index (χ3v) is 4.41. The number of benzene rings is 1. The van der Waals surface area contributed by atoms with E-state index in [-0.39, 0.29) is 23.1 Å². The Morgan fingerprint density at radius 1 is 1.25 bits per heavy atom. The van der Waals surface area contributed by atoms with Crippen molar-refractivity contribution in [2.45, 2.75) is 39.7 Å². The standard InChI is InChI=1S/C18H27N3O3/c1-12(2)16(21-8-4-5-9-21)11-19-18(24)15-7-6-14(10-17(15)23)20-13(3)22/h6-7,10,12,16,23H,4-5,8-9,11H2,1-3H3,(H,19,24)(H,20,22)/t16-/m0/s1. The SMILES string of the molecule is CC(=O)Nc1ccc(C(=O)NC[C@@H](C(C)C)N2CCCC2)c(O)c1. The zero-order valence-electron chi connectivity index (χ0n) is 14.6. The number of likely N-dealkylation sites (tertiary alicyclic amines) is 1. The van der Waals surface area contributed by atoms with Crippen LogP contribution in [0.25, 0.3) is 0 Å². The minimum Gasteiger partial charge on any atom is -0.507 e. The molecule has 3 N–H and O–H groups in total. The summed E-state index contributed by atoms with van der Waals surface area (Å²) in [5.74, 6) is -0.219. The lowest BCUT2D eigenvalue weighted by Gasteiger charge is -2.31. The number of phenols is 1. The molecule has 1 saturated heterocycles. The molecular formula is C18H27N3O3. The number of nitrogens with zero attached hydrogens (tertiary/aromatic N) is 1. The van der Waals surface area contributed by atoms with Crippen LogP contribution in [0.2, 0.25) is 0 Å². The molecule has 1 fully saturated rings. The van der Waals surface area contributed by atoms with Gasteiger partial charge in [0.25, 0.3) is 5.91 Å².